The molecule has 2 aliphatic rings. The first kappa shape index (κ1) is 12.4. The molecule has 1 aliphatic heterocycles. The maximum absolute atomic E-state index is 5.57. The van der Waals surface area contributed by atoms with Crippen LogP contribution in [0, 0.1) is 11.8 Å². The van der Waals surface area contributed by atoms with E-state index in [0.29, 0.717) is 0 Å². The molecular weight excluding hydrogens is 198 g/mol. The second-order valence-electron chi connectivity index (χ2n) is 5.46. The van der Waals surface area contributed by atoms with Crippen molar-refractivity contribution < 1.29 is 4.74 Å². The van der Waals surface area contributed by atoms with E-state index < -0.39 is 0 Å². The van der Waals surface area contributed by atoms with Gasteiger partial charge < -0.3 is 10.1 Å². The van der Waals surface area contributed by atoms with Gasteiger partial charge >= 0.3 is 0 Å². The van der Waals surface area contributed by atoms with Gasteiger partial charge in [-0.1, -0.05) is 32.6 Å². The van der Waals surface area contributed by atoms with Gasteiger partial charge in [-0.2, -0.15) is 0 Å². The average Bonchev–Trinajstić information content (AvgIpc) is 2.69. The van der Waals surface area contributed by atoms with Crippen LogP contribution in [0.25, 0.3) is 0 Å². The molecule has 2 atom stereocenters. The Morgan fingerprint density at radius 2 is 1.81 bits per heavy atom. The average molecular weight is 225 g/mol. The highest BCUT2D eigenvalue weighted by Gasteiger charge is 2.31. The van der Waals surface area contributed by atoms with Crippen LogP contribution in [0.3, 0.4) is 0 Å². The molecule has 0 amide bonds. The summed E-state index contributed by atoms with van der Waals surface area (Å²) in [6, 6.07) is 0.727. The van der Waals surface area contributed by atoms with Gasteiger partial charge in [0.15, 0.2) is 0 Å². The molecule has 2 fully saturated rings. The molecular formula is C14H27NO. The third-order valence-corrected chi connectivity index (χ3v) is 4.32. The Morgan fingerprint density at radius 1 is 1.06 bits per heavy atom. The van der Waals surface area contributed by atoms with Crippen molar-refractivity contribution in [2.75, 3.05) is 19.8 Å². The Kier molecular flexibility index (Phi) is 5.11. The van der Waals surface area contributed by atoms with Crippen molar-refractivity contribution in [3.63, 3.8) is 0 Å². The fourth-order valence-electron chi connectivity index (χ4n) is 3.46. The van der Waals surface area contributed by atoms with Crippen molar-refractivity contribution in [2.24, 2.45) is 11.8 Å². The third-order valence-electron chi connectivity index (χ3n) is 4.32. The van der Waals surface area contributed by atoms with E-state index in [2.05, 4.69) is 12.2 Å². The summed E-state index contributed by atoms with van der Waals surface area (Å²) in [6.07, 6.45) is 9.95. The van der Waals surface area contributed by atoms with E-state index in [1.54, 1.807) is 0 Å². The zero-order chi connectivity index (χ0) is 11.2. The van der Waals surface area contributed by atoms with Crippen LogP contribution in [-0.2, 0) is 4.74 Å². The van der Waals surface area contributed by atoms with Crippen LogP contribution in [0.2, 0.25) is 0 Å². The van der Waals surface area contributed by atoms with Crippen molar-refractivity contribution in [1.82, 2.24) is 5.32 Å². The highest BCUT2D eigenvalue weighted by Crippen LogP contribution is 2.31. The Hall–Kier alpha value is -0.0800. The number of hydrogen-bond acceptors (Lipinski definition) is 2. The molecule has 1 saturated heterocycles. The van der Waals surface area contributed by atoms with E-state index in [4.69, 9.17) is 4.74 Å². The molecule has 16 heavy (non-hydrogen) atoms. The van der Waals surface area contributed by atoms with Crippen LogP contribution in [-0.4, -0.2) is 25.8 Å². The molecule has 2 unspecified atom stereocenters. The number of hydrogen-bond donors (Lipinski definition) is 1. The first-order chi connectivity index (χ1) is 7.92. The molecule has 1 N–H and O–H groups in total. The minimum Gasteiger partial charge on any atom is -0.381 e. The van der Waals surface area contributed by atoms with Crippen molar-refractivity contribution in [1.29, 1.82) is 0 Å². The molecule has 1 aliphatic carbocycles. The van der Waals surface area contributed by atoms with Gasteiger partial charge in [0.25, 0.3) is 0 Å². The number of rotatable bonds is 4. The molecule has 0 aromatic heterocycles. The summed E-state index contributed by atoms with van der Waals surface area (Å²) in [5.41, 5.74) is 0. The fraction of sp³-hybridized carbons (Fsp3) is 1.00. The van der Waals surface area contributed by atoms with E-state index in [1.165, 1.54) is 44.9 Å². The quantitative estimate of drug-likeness (QED) is 0.743. The van der Waals surface area contributed by atoms with Crippen LogP contribution in [0.1, 0.15) is 51.9 Å². The molecule has 94 valence electrons. The number of ether oxygens (including phenoxy) is 1. The maximum atomic E-state index is 5.57. The van der Waals surface area contributed by atoms with Gasteiger partial charge in [-0.3, -0.25) is 0 Å². The zero-order valence-corrected chi connectivity index (χ0v) is 10.7. The van der Waals surface area contributed by atoms with E-state index in [1.807, 2.05) is 0 Å². The standard InChI is InChI=1S/C14H27NO/c1-2-15-14(13-9-10-16-11-13)12-7-5-3-4-6-8-12/h12-15H,2-11H2,1H3. The largest absolute Gasteiger partial charge is 0.381 e. The second kappa shape index (κ2) is 6.61. The highest BCUT2D eigenvalue weighted by atomic mass is 16.5. The van der Waals surface area contributed by atoms with Gasteiger partial charge in [0.05, 0.1) is 6.61 Å². The molecule has 1 saturated carbocycles. The van der Waals surface area contributed by atoms with Gasteiger partial charge in [0.2, 0.25) is 0 Å². The first-order valence-electron chi connectivity index (χ1n) is 7.23. The van der Waals surface area contributed by atoms with Crippen LogP contribution in [0.4, 0.5) is 0 Å². The van der Waals surface area contributed by atoms with Crippen LogP contribution >= 0.6 is 0 Å². The van der Waals surface area contributed by atoms with E-state index in [0.717, 1.165) is 37.6 Å². The predicted octanol–water partition coefficient (Wildman–Crippen LogP) is 2.97. The Bertz CT molecular complexity index is 181. The Morgan fingerprint density at radius 3 is 2.38 bits per heavy atom. The summed E-state index contributed by atoms with van der Waals surface area (Å²) in [5, 5.41) is 3.74. The van der Waals surface area contributed by atoms with Gasteiger partial charge in [0.1, 0.15) is 0 Å². The van der Waals surface area contributed by atoms with Crippen molar-refractivity contribution in [3.05, 3.63) is 0 Å². The summed E-state index contributed by atoms with van der Waals surface area (Å²) < 4.78 is 5.57. The van der Waals surface area contributed by atoms with Crippen LogP contribution in [0.5, 0.6) is 0 Å². The summed E-state index contributed by atoms with van der Waals surface area (Å²) in [5.74, 6) is 1.69. The van der Waals surface area contributed by atoms with Crippen LogP contribution in [0.15, 0.2) is 0 Å². The van der Waals surface area contributed by atoms with E-state index in [9.17, 15) is 0 Å². The summed E-state index contributed by atoms with van der Waals surface area (Å²) in [6.45, 7) is 5.32. The molecule has 0 bridgehead atoms. The fourth-order valence-corrected chi connectivity index (χ4v) is 3.46. The SMILES string of the molecule is CCNC(C1CCCCCC1)C1CCOC1. The molecule has 2 nitrogen and oxygen atoms in total. The second-order valence-corrected chi connectivity index (χ2v) is 5.46. The lowest BCUT2D eigenvalue weighted by atomic mass is 9.83. The van der Waals surface area contributed by atoms with Gasteiger partial charge in [-0.15, -0.1) is 0 Å². The minimum absolute atomic E-state index is 0.727. The zero-order valence-electron chi connectivity index (χ0n) is 10.7. The molecule has 1 heterocycles. The van der Waals surface area contributed by atoms with Crippen molar-refractivity contribution in [3.8, 4) is 0 Å². The van der Waals surface area contributed by atoms with Crippen LogP contribution < -0.4 is 5.32 Å². The monoisotopic (exact) mass is 225 g/mol. The molecule has 0 radical (unpaired) electrons. The van der Waals surface area contributed by atoms with Crippen molar-refractivity contribution in [2.45, 2.75) is 57.9 Å². The van der Waals surface area contributed by atoms with Crippen molar-refractivity contribution >= 4 is 0 Å². The molecule has 2 rings (SSSR count). The Balaban J connectivity index is 1.92. The lowest BCUT2D eigenvalue weighted by Gasteiger charge is -2.31. The highest BCUT2D eigenvalue weighted by molar-refractivity contribution is 4.86. The Labute approximate surface area is 100 Å². The molecule has 0 aromatic rings. The normalized spacial score (nSPS) is 30.2. The first-order valence-corrected chi connectivity index (χ1v) is 7.23. The maximum Gasteiger partial charge on any atom is 0.0510 e. The lowest BCUT2D eigenvalue weighted by molar-refractivity contribution is 0.161. The molecule has 0 aromatic carbocycles. The number of nitrogens with one attached hydrogen (secondary N) is 1. The van der Waals surface area contributed by atoms with E-state index in [-0.39, 0.29) is 0 Å². The minimum atomic E-state index is 0.727. The summed E-state index contributed by atoms with van der Waals surface area (Å²) in [4.78, 5) is 0. The summed E-state index contributed by atoms with van der Waals surface area (Å²) in [7, 11) is 0. The smallest absolute Gasteiger partial charge is 0.0510 e. The van der Waals surface area contributed by atoms with E-state index >= 15 is 0 Å². The van der Waals surface area contributed by atoms with Gasteiger partial charge in [0, 0.05) is 18.6 Å². The molecule has 0 spiro atoms. The third kappa shape index (κ3) is 3.21. The van der Waals surface area contributed by atoms with Gasteiger partial charge in [-0.05, 0) is 31.7 Å². The predicted molar refractivity (Wildman–Crippen MR) is 67.6 cm³/mol. The lowest BCUT2D eigenvalue weighted by Crippen LogP contribution is -2.42. The van der Waals surface area contributed by atoms with Gasteiger partial charge in [-0.25, -0.2) is 0 Å². The topological polar surface area (TPSA) is 21.3 Å². The summed E-state index contributed by atoms with van der Waals surface area (Å²) >= 11 is 0. The molecule has 2 heteroatoms.